The van der Waals surface area contributed by atoms with E-state index in [9.17, 15) is 14.7 Å². The van der Waals surface area contributed by atoms with Crippen molar-refractivity contribution < 1.29 is 24.2 Å². The summed E-state index contributed by atoms with van der Waals surface area (Å²) in [4.78, 5) is 23.8. The summed E-state index contributed by atoms with van der Waals surface area (Å²) in [5.74, 6) is -0.661. The van der Waals surface area contributed by atoms with Crippen LogP contribution in [0.2, 0.25) is 0 Å². The van der Waals surface area contributed by atoms with E-state index in [0.29, 0.717) is 12.8 Å². The van der Waals surface area contributed by atoms with Gasteiger partial charge >= 0.3 is 11.9 Å². The van der Waals surface area contributed by atoms with Crippen LogP contribution in [0.25, 0.3) is 0 Å². The molecule has 0 rings (SSSR count). The van der Waals surface area contributed by atoms with Crippen LogP contribution in [0.1, 0.15) is 142 Å². The molecule has 0 heterocycles. The first-order valence-electron chi connectivity index (χ1n) is 17.5. The second-order valence-corrected chi connectivity index (χ2v) is 11.3. The number of allylic oxidation sites excluding steroid dienone is 12. The van der Waals surface area contributed by atoms with Crippen molar-refractivity contribution in [2.24, 2.45) is 0 Å². The average Bonchev–Trinajstić information content (AvgIpc) is 3.02. The molecular weight excluding hydrogens is 548 g/mol. The minimum atomic E-state index is -0.997. The monoisotopic (exact) mass is 612 g/mol. The number of carbonyl (C=O) groups excluding carboxylic acids is 2. The summed E-state index contributed by atoms with van der Waals surface area (Å²) in [5.41, 5.74) is 0. The standard InChI is InChI=1S/C39H64O5/c1-3-5-7-9-11-13-15-17-19-21-23-25-27-29-31-33-38(41)43-35-37(40)36-44-39(42)34-32-30-28-26-24-22-20-18-16-14-12-10-8-6-4-2/h11-14,17-20,23-26,37,40H,3-10,15-16,21-22,27-36H2,1-2H3/b13-11-,14-12-,19-17-,20-18-,25-23-,26-24-. The summed E-state index contributed by atoms with van der Waals surface area (Å²) >= 11 is 0. The van der Waals surface area contributed by atoms with E-state index in [-0.39, 0.29) is 25.2 Å². The van der Waals surface area contributed by atoms with Crippen LogP contribution in [-0.2, 0) is 19.1 Å². The molecule has 0 amide bonds. The van der Waals surface area contributed by atoms with Gasteiger partial charge in [-0.1, -0.05) is 112 Å². The van der Waals surface area contributed by atoms with Crippen molar-refractivity contribution >= 4 is 11.9 Å². The molecule has 0 aromatic rings. The molecule has 5 nitrogen and oxygen atoms in total. The number of aliphatic hydroxyl groups excluding tert-OH is 1. The number of esters is 2. The van der Waals surface area contributed by atoms with Crippen LogP contribution in [0, 0.1) is 0 Å². The Kier molecular flexibility index (Phi) is 32.7. The van der Waals surface area contributed by atoms with E-state index in [2.05, 4.69) is 86.8 Å². The van der Waals surface area contributed by atoms with Crippen LogP contribution in [-0.4, -0.2) is 36.4 Å². The Hall–Kier alpha value is -2.66. The van der Waals surface area contributed by atoms with E-state index in [0.717, 1.165) is 64.2 Å². The van der Waals surface area contributed by atoms with Crippen LogP contribution in [0.3, 0.4) is 0 Å². The van der Waals surface area contributed by atoms with Gasteiger partial charge in [0.2, 0.25) is 0 Å². The van der Waals surface area contributed by atoms with Gasteiger partial charge in [-0.25, -0.2) is 0 Å². The van der Waals surface area contributed by atoms with Gasteiger partial charge in [0.25, 0.3) is 0 Å². The fourth-order valence-corrected chi connectivity index (χ4v) is 4.21. The van der Waals surface area contributed by atoms with Gasteiger partial charge in [0.1, 0.15) is 19.3 Å². The number of carbonyl (C=O) groups is 2. The molecule has 0 aliphatic rings. The summed E-state index contributed by atoms with van der Waals surface area (Å²) in [6.45, 7) is 4.15. The molecular formula is C39H64O5. The molecule has 0 unspecified atom stereocenters. The third-order valence-corrected chi connectivity index (χ3v) is 6.91. The second kappa shape index (κ2) is 34.8. The average molecular weight is 613 g/mol. The predicted octanol–water partition coefficient (Wildman–Crippen LogP) is 10.6. The molecule has 0 aromatic carbocycles. The highest BCUT2D eigenvalue weighted by atomic mass is 16.6. The van der Waals surface area contributed by atoms with E-state index in [1.807, 2.05) is 0 Å². The maximum Gasteiger partial charge on any atom is 0.305 e. The van der Waals surface area contributed by atoms with Gasteiger partial charge in [-0.3, -0.25) is 9.59 Å². The first-order chi connectivity index (χ1) is 21.6. The Morgan fingerprint density at radius 3 is 1.09 bits per heavy atom. The van der Waals surface area contributed by atoms with Crippen LogP contribution in [0.15, 0.2) is 72.9 Å². The highest BCUT2D eigenvalue weighted by Crippen LogP contribution is 2.06. The summed E-state index contributed by atoms with van der Waals surface area (Å²) in [6, 6.07) is 0. The van der Waals surface area contributed by atoms with Crippen molar-refractivity contribution in [2.75, 3.05) is 13.2 Å². The highest BCUT2D eigenvalue weighted by molar-refractivity contribution is 5.69. The lowest BCUT2D eigenvalue weighted by Gasteiger charge is -2.12. The second-order valence-electron chi connectivity index (χ2n) is 11.3. The van der Waals surface area contributed by atoms with Gasteiger partial charge in [-0.2, -0.15) is 0 Å². The number of aliphatic hydroxyl groups is 1. The fourth-order valence-electron chi connectivity index (χ4n) is 4.21. The number of unbranched alkanes of at least 4 members (excludes halogenated alkanes) is 10. The smallest absolute Gasteiger partial charge is 0.305 e. The van der Waals surface area contributed by atoms with Crippen molar-refractivity contribution in [2.45, 2.75) is 148 Å². The van der Waals surface area contributed by atoms with Gasteiger partial charge in [0, 0.05) is 12.8 Å². The summed E-state index contributed by atoms with van der Waals surface area (Å²) < 4.78 is 10.2. The molecule has 44 heavy (non-hydrogen) atoms. The molecule has 0 spiro atoms. The molecule has 0 bridgehead atoms. The third kappa shape index (κ3) is 33.8. The van der Waals surface area contributed by atoms with E-state index < -0.39 is 6.10 Å². The van der Waals surface area contributed by atoms with Crippen molar-refractivity contribution in [3.05, 3.63) is 72.9 Å². The van der Waals surface area contributed by atoms with E-state index in [1.165, 1.54) is 51.4 Å². The topological polar surface area (TPSA) is 72.8 Å². The van der Waals surface area contributed by atoms with Gasteiger partial charge in [-0.05, 0) is 89.9 Å². The van der Waals surface area contributed by atoms with Crippen molar-refractivity contribution in [3.8, 4) is 0 Å². The molecule has 0 saturated heterocycles. The Balaban J connectivity index is 3.62. The molecule has 1 N–H and O–H groups in total. The van der Waals surface area contributed by atoms with Gasteiger partial charge in [0.05, 0.1) is 0 Å². The Morgan fingerprint density at radius 1 is 0.477 bits per heavy atom. The van der Waals surface area contributed by atoms with Gasteiger partial charge in [0.15, 0.2) is 0 Å². The first kappa shape index (κ1) is 41.3. The Morgan fingerprint density at radius 2 is 0.773 bits per heavy atom. The number of hydrogen-bond donors (Lipinski definition) is 1. The quantitative estimate of drug-likeness (QED) is 0.0496. The number of hydrogen-bond acceptors (Lipinski definition) is 5. The highest BCUT2D eigenvalue weighted by Gasteiger charge is 2.11. The molecule has 0 atom stereocenters. The lowest BCUT2D eigenvalue weighted by Crippen LogP contribution is -2.25. The minimum absolute atomic E-state index is 0.152. The minimum Gasteiger partial charge on any atom is -0.463 e. The third-order valence-electron chi connectivity index (χ3n) is 6.91. The molecule has 0 saturated carbocycles. The maximum atomic E-state index is 11.9. The summed E-state index contributed by atoms with van der Waals surface area (Å²) in [6.07, 6.45) is 45.2. The number of rotatable bonds is 30. The zero-order valence-electron chi connectivity index (χ0n) is 28.1. The maximum absolute atomic E-state index is 11.9. The molecule has 250 valence electrons. The Bertz CT molecular complexity index is 765. The zero-order valence-corrected chi connectivity index (χ0v) is 28.1. The zero-order chi connectivity index (χ0) is 32.2. The molecule has 0 fully saturated rings. The van der Waals surface area contributed by atoms with Crippen molar-refractivity contribution in [1.82, 2.24) is 0 Å². The predicted molar refractivity (Wildman–Crippen MR) is 186 cm³/mol. The largest absolute Gasteiger partial charge is 0.463 e. The van der Waals surface area contributed by atoms with E-state index in [4.69, 9.17) is 9.47 Å². The fraction of sp³-hybridized carbons (Fsp3) is 0.641. The molecule has 5 heteroatoms. The van der Waals surface area contributed by atoms with Crippen LogP contribution in [0.5, 0.6) is 0 Å². The van der Waals surface area contributed by atoms with Crippen molar-refractivity contribution in [3.63, 3.8) is 0 Å². The molecule has 0 aliphatic heterocycles. The molecule has 0 radical (unpaired) electrons. The van der Waals surface area contributed by atoms with Gasteiger partial charge < -0.3 is 14.6 Å². The summed E-state index contributed by atoms with van der Waals surface area (Å²) in [5, 5.41) is 9.96. The SMILES string of the molecule is CCCCC/C=C\C/C=C\C/C=C\CCCCC(=O)OCC(O)COC(=O)CCCC/C=C\C/C=C\C/C=C\CCCCC. The lowest BCUT2D eigenvalue weighted by molar-refractivity contribution is -0.152. The first-order valence-corrected chi connectivity index (χ1v) is 17.5. The van der Waals surface area contributed by atoms with E-state index >= 15 is 0 Å². The van der Waals surface area contributed by atoms with Crippen LogP contribution >= 0.6 is 0 Å². The van der Waals surface area contributed by atoms with Gasteiger partial charge in [-0.15, -0.1) is 0 Å². The van der Waals surface area contributed by atoms with E-state index in [1.54, 1.807) is 0 Å². The summed E-state index contributed by atoms with van der Waals surface area (Å²) in [7, 11) is 0. The lowest BCUT2D eigenvalue weighted by atomic mass is 10.1. The van der Waals surface area contributed by atoms with Crippen LogP contribution < -0.4 is 0 Å². The number of ether oxygens (including phenoxy) is 2. The normalized spacial score (nSPS) is 12.5. The molecule has 0 aliphatic carbocycles. The van der Waals surface area contributed by atoms with Crippen molar-refractivity contribution in [1.29, 1.82) is 0 Å². The Labute approximate surface area is 270 Å². The molecule has 0 aromatic heterocycles. The van der Waals surface area contributed by atoms with Crippen LogP contribution in [0.4, 0.5) is 0 Å².